The fraction of sp³-hybridized carbons (Fsp3) is 0.231. The zero-order valence-corrected chi connectivity index (χ0v) is 10.7. The lowest BCUT2D eigenvalue weighted by molar-refractivity contribution is -0.116. The fourth-order valence-electron chi connectivity index (χ4n) is 1.48. The molecule has 0 unspecified atom stereocenters. The van der Waals surface area contributed by atoms with Gasteiger partial charge in [0.25, 0.3) is 0 Å². The Bertz CT molecular complexity index is 628. The smallest absolute Gasteiger partial charge is 0.227 e. The van der Waals surface area contributed by atoms with Crippen LogP contribution in [0.2, 0.25) is 0 Å². The van der Waals surface area contributed by atoms with Crippen molar-refractivity contribution in [2.75, 3.05) is 11.9 Å². The molecular weight excluding hydrogens is 258 g/mol. The first-order valence-electron chi connectivity index (χ1n) is 5.98. The van der Waals surface area contributed by atoms with Gasteiger partial charge >= 0.3 is 0 Å². The average molecular weight is 271 g/mol. The summed E-state index contributed by atoms with van der Waals surface area (Å²) in [6, 6.07) is 5.12. The molecule has 2 N–H and O–H groups in total. The van der Waals surface area contributed by atoms with Crippen LogP contribution < -0.4 is 5.32 Å². The molecule has 2 aromatic heterocycles. The van der Waals surface area contributed by atoms with E-state index in [1.165, 1.54) is 0 Å². The van der Waals surface area contributed by atoms with Crippen LogP contribution in [0.15, 0.2) is 30.6 Å². The standard InChI is InChI=1S/C13H13N5O2/c19-10-2-4-11-3-1-5-12(15-11)16-13(20)6-8-18-9-7-14-17-18/h1,3,5,7,9,19H,6,8,10H2,(H,15,16,20). The zero-order valence-electron chi connectivity index (χ0n) is 10.7. The van der Waals surface area contributed by atoms with Crippen LogP contribution in [-0.2, 0) is 11.3 Å². The number of hydrogen-bond donors (Lipinski definition) is 2. The summed E-state index contributed by atoms with van der Waals surface area (Å²) in [5.41, 5.74) is 0.494. The summed E-state index contributed by atoms with van der Waals surface area (Å²) < 4.78 is 1.58. The number of rotatable bonds is 4. The van der Waals surface area contributed by atoms with Crippen molar-refractivity contribution in [2.24, 2.45) is 0 Å². The molecule has 0 aliphatic rings. The van der Waals surface area contributed by atoms with Crippen LogP contribution in [0.4, 0.5) is 5.82 Å². The molecule has 7 nitrogen and oxygen atoms in total. The minimum Gasteiger partial charge on any atom is -0.384 e. The first kappa shape index (κ1) is 13.7. The maximum absolute atomic E-state index is 11.7. The molecule has 0 aromatic carbocycles. The summed E-state index contributed by atoms with van der Waals surface area (Å²) in [6.45, 7) is 0.228. The number of aliphatic hydroxyl groups excluding tert-OH is 1. The lowest BCUT2D eigenvalue weighted by atomic mass is 10.3. The molecule has 0 spiro atoms. The number of carbonyl (C=O) groups is 1. The first-order chi connectivity index (χ1) is 9.78. The molecule has 2 rings (SSSR count). The number of amides is 1. The van der Waals surface area contributed by atoms with Gasteiger partial charge in [0, 0.05) is 12.6 Å². The van der Waals surface area contributed by atoms with Gasteiger partial charge in [0.1, 0.15) is 18.1 Å². The zero-order chi connectivity index (χ0) is 14.2. The van der Waals surface area contributed by atoms with Gasteiger partial charge in [-0.25, -0.2) is 4.98 Å². The number of carbonyl (C=O) groups excluding carboxylic acids is 1. The van der Waals surface area contributed by atoms with E-state index >= 15 is 0 Å². The number of nitrogens with one attached hydrogen (secondary N) is 1. The number of pyridine rings is 1. The highest BCUT2D eigenvalue weighted by Gasteiger charge is 2.04. The second-order valence-electron chi connectivity index (χ2n) is 3.83. The third kappa shape index (κ3) is 4.19. The topological polar surface area (TPSA) is 92.9 Å². The molecule has 0 fully saturated rings. The molecule has 0 aliphatic heterocycles. The van der Waals surface area contributed by atoms with Crippen molar-refractivity contribution in [2.45, 2.75) is 13.0 Å². The lowest BCUT2D eigenvalue weighted by Gasteiger charge is -2.04. The number of anilines is 1. The maximum Gasteiger partial charge on any atom is 0.227 e. The van der Waals surface area contributed by atoms with E-state index in [1.54, 1.807) is 35.3 Å². The van der Waals surface area contributed by atoms with Gasteiger partial charge in [-0.2, -0.15) is 0 Å². The fourth-order valence-corrected chi connectivity index (χ4v) is 1.48. The van der Waals surface area contributed by atoms with E-state index in [1.807, 2.05) is 0 Å². The molecule has 2 aromatic rings. The van der Waals surface area contributed by atoms with E-state index in [-0.39, 0.29) is 18.9 Å². The van der Waals surface area contributed by atoms with Gasteiger partial charge in [-0.3, -0.25) is 9.48 Å². The second kappa shape index (κ2) is 7.01. The number of aromatic nitrogens is 4. The Morgan fingerprint density at radius 3 is 3.10 bits per heavy atom. The van der Waals surface area contributed by atoms with E-state index in [0.29, 0.717) is 18.1 Å². The minimum atomic E-state index is -0.226. The Morgan fingerprint density at radius 1 is 1.45 bits per heavy atom. The summed E-state index contributed by atoms with van der Waals surface area (Å²) in [6.07, 6.45) is 3.52. The lowest BCUT2D eigenvalue weighted by Crippen LogP contribution is -2.15. The van der Waals surface area contributed by atoms with Crippen LogP contribution in [0.1, 0.15) is 12.1 Å². The molecule has 0 saturated carbocycles. The van der Waals surface area contributed by atoms with Crippen LogP contribution in [0.3, 0.4) is 0 Å². The van der Waals surface area contributed by atoms with E-state index in [4.69, 9.17) is 5.11 Å². The SMILES string of the molecule is O=C(CCn1ccnn1)Nc1cccc(C#CCO)n1. The van der Waals surface area contributed by atoms with Crippen LogP contribution in [-0.4, -0.2) is 37.6 Å². The van der Waals surface area contributed by atoms with Crippen LogP contribution in [0, 0.1) is 11.8 Å². The first-order valence-corrected chi connectivity index (χ1v) is 5.98. The monoisotopic (exact) mass is 271 g/mol. The summed E-state index contributed by atoms with van der Waals surface area (Å²) in [5, 5.41) is 18.7. The van der Waals surface area contributed by atoms with Crippen molar-refractivity contribution in [1.29, 1.82) is 0 Å². The van der Waals surface area contributed by atoms with E-state index < -0.39 is 0 Å². The van der Waals surface area contributed by atoms with Crippen molar-refractivity contribution in [1.82, 2.24) is 20.0 Å². The maximum atomic E-state index is 11.7. The summed E-state index contributed by atoms with van der Waals surface area (Å²) in [7, 11) is 0. The van der Waals surface area contributed by atoms with Gasteiger partial charge < -0.3 is 10.4 Å². The Morgan fingerprint density at radius 2 is 2.35 bits per heavy atom. The van der Waals surface area contributed by atoms with Crippen LogP contribution >= 0.6 is 0 Å². The summed E-state index contributed by atoms with van der Waals surface area (Å²) in [5.74, 6) is 5.44. The number of aliphatic hydroxyl groups is 1. The Hall–Kier alpha value is -2.72. The second-order valence-corrected chi connectivity index (χ2v) is 3.83. The van der Waals surface area contributed by atoms with E-state index in [2.05, 4.69) is 32.5 Å². The Balaban J connectivity index is 1.90. The predicted octanol–water partition coefficient (Wildman–Crippen LogP) is 0.0457. The average Bonchev–Trinajstić information content (AvgIpc) is 2.97. The molecule has 20 heavy (non-hydrogen) atoms. The van der Waals surface area contributed by atoms with Crippen molar-refractivity contribution < 1.29 is 9.90 Å². The van der Waals surface area contributed by atoms with Gasteiger partial charge in [-0.1, -0.05) is 17.2 Å². The number of hydrogen-bond acceptors (Lipinski definition) is 5. The van der Waals surface area contributed by atoms with Gasteiger partial charge in [0.15, 0.2) is 0 Å². The molecular formula is C13H13N5O2. The molecule has 1 amide bonds. The van der Waals surface area contributed by atoms with E-state index in [0.717, 1.165) is 0 Å². The third-order valence-electron chi connectivity index (χ3n) is 2.35. The minimum absolute atomic E-state index is 0.166. The predicted molar refractivity (Wildman–Crippen MR) is 71.5 cm³/mol. The van der Waals surface area contributed by atoms with Crippen molar-refractivity contribution in [3.63, 3.8) is 0 Å². The summed E-state index contributed by atoms with van der Waals surface area (Å²) >= 11 is 0. The molecule has 7 heteroatoms. The third-order valence-corrected chi connectivity index (χ3v) is 2.35. The van der Waals surface area contributed by atoms with E-state index in [9.17, 15) is 4.79 Å². The Kier molecular flexibility index (Phi) is 4.81. The quantitative estimate of drug-likeness (QED) is 0.766. The highest BCUT2D eigenvalue weighted by atomic mass is 16.2. The normalized spacial score (nSPS) is 9.65. The number of nitrogens with zero attached hydrogens (tertiary/aromatic N) is 4. The molecule has 0 radical (unpaired) electrons. The number of aryl methyl sites for hydroxylation is 1. The van der Waals surface area contributed by atoms with Crippen LogP contribution in [0.5, 0.6) is 0 Å². The highest BCUT2D eigenvalue weighted by Crippen LogP contribution is 2.04. The van der Waals surface area contributed by atoms with Gasteiger partial charge in [-0.15, -0.1) is 5.10 Å². The van der Waals surface area contributed by atoms with Gasteiger partial charge in [-0.05, 0) is 18.1 Å². The largest absolute Gasteiger partial charge is 0.384 e. The van der Waals surface area contributed by atoms with Crippen LogP contribution in [0.25, 0.3) is 0 Å². The molecule has 0 aliphatic carbocycles. The van der Waals surface area contributed by atoms with Gasteiger partial charge in [0.05, 0.1) is 12.7 Å². The molecule has 102 valence electrons. The van der Waals surface area contributed by atoms with Gasteiger partial charge in [0.2, 0.25) is 5.91 Å². The highest BCUT2D eigenvalue weighted by molar-refractivity contribution is 5.89. The van der Waals surface area contributed by atoms with Crippen molar-refractivity contribution in [3.8, 4) is 11.8 Å². The molecule has 0 bridgehead atoms. The summed E-state index contributed by atoms with van der Waals surface area (Å²) in [4.78, 5) is 15.9. The van der Waals surface area contributed by atoms with Crippen molar-refractivity contribution >= 4 is 11.7 Å². The molecule has 2 heterocycles. The molecule has 0 saturated heterocycles. The molecule has 0 atom stereocenters. The Labute approximate surface area is 115 Å². The van der Waals surface area contributed by atoms with Crippen molar-refractivity contribution in [3.05, 3.63) is 36.3 Å².